The minimum Gasteiger partial charge on any atom is -0.135 e. The first-order chi connectivity index (χ1) is 28.1. The topological polar surface area (TPSA) is 0 Å². The van der Waals surface area contributed by atoms with Gasteiger partial charge in [-0.1, -0.05) is 190 Å². The summed E-state index contributed by atoms with van der Waals surface area (Å²) in [6, 6.07) is 54.9. The number of benzene rings is 8. The van der Waals surface area contributed by atoms with Crippen LogP contribution in [-0.2, 0) is 5.41 Å². The van der Waals surface area contributed by atoms with Crippen LogP contribution in [-0.4, -0.2) is 0 Å². The Balaban J connectivity index is 1.07. The van der Waals surface area contributed by atoms with E-state index in [9.17, 15) is 0 Å². The van der Waals surface area contributed by atoms with Gasteiger partial charge < -0.3 is 0 Å². The lowest BCUT2D eigenvalue weighted by atomic mass is 9.78. The lowest BCUT2D eigenvalue weighted by Gasteiger charge is -2.25. The van der Waals surface area contributed by atoms with Crippen molar-refractivity contribution in [3.8, 4) is 44.5 Å². The third kappa shape index (κ3) is 5.35. The van der Waals surface area contributed by atoms with Crippen LogP contribution in [0.1, 0.15) is 54.4 Å². The minimum atomic E-state index is -0.388. The molecule has 0 saturated heterocycles. The average molecular weight is 700 g/mol. The van der Waals surface area contributed by atoms with E-state index in [1.807, 2.05) is 41.7 Å². The molecule has 10 rings (SSSR count). The van der Waals surface area contributed by atoms with E-state index >= 15 is 0 Å². The van der Waals surface area contributed by atoms with Crippen molar-refractivity contribution in [1.29, 1.82) is 0 Å². The second-order valence-corrected chi connectivity index (χ2v) is 15.6. The molecule has 0 saturated carbocycles. The van der Waals surface area contributed by atoms with Crippen LogP contribution in [0, 0.1) is 0 Å². The molecule has 0 nitrogen and oxygen atoms in total. The molecule has 1 heterocycles. The minimum absolute atomic E-state index is 0.121. The first kappa shape index (κ1) is 26.7. The fourth-order valence-corrected chi connectivity index (χ4v) is 9.63. The summed E-state index contributed by atoms with van der Waals surface area (Å²) in [5, 5.41) is 2.61. The van der Waals surface area contributed by atoms with Gasteiger partial charge in [-0.05, 0) is 84.5 Å². The average Bonchev–Trinajstić information content (AvgIpc) is 3.75. The smallest absolute Gasteiger partial charge is 0.0629 e. The molecule has 1 atom stereocenters. The van der Waals surface area contributed by atoms with E-state index in [-0.39, 0.29) is 47.1 Å². The fraction of sp³-hybridized carbons (Fsp3) is 0.0769. The van der Waals surface area contributed by atoms with Crippen molar-refractivity contribution in [2.45, 2.75) is 25.2 Å². The van der Waals surface area contributed by atoms with Crippen LogP contribution in [0.3, 0.4) is 0 Å². The summed E-state index contributed by atoms with van der Waals surface area (Å²) in [4.78, 5) is 0. The summed E-state index contributed by atoms with van der Waals surface area (Å²) >= 11 is 1.86. The van der Waals surface area contributed by atoms with E-state index in [4.69, 9.17) is 6.85 Å². The number of hydrogen-bond acceptors (Lipinski definition) is 1. The summed E-state index contributed by atoms with van der Waals surface area (Å²) in [7, 11) is 0. The van der Waals surface area contributed by atoms with Crippen LogP contribution in [0.25, 0.3) is 64.7 Å². The third-order valence-electron chi connectivity index (χ3n) is 11.1. The molecule has 0 spiro atoms. The summed E-state index contributed by atoms with van der Waals surface area (Å²) in [5.74, 6) is -0.121. The second kappa shape index (κ2) is 12.6. The van der Waals surface area contributed by atoms with Gasteiger partial charge in [0.1, 0.15) is 0 Å². The van der Waals surface area contributed by atoms with Crippen LogP contribution < -0.4 is 0 Å². The van der Waals surface area contributed by atoms with Crippen molar-refractivity contribution in [3.05, 3.63) is 216 Å². The largest absolute Gasteiger partial charge is 0.135 e. The maximum atomic E-state index is 8.58. The zero-order chi connectivity index (χ0) is 39.9. The molecule has 0 aliphatic heterocycles. The van der Waals surface area contributed by atoms with Crippen LogP contribution >= 0.6 is 11.3 Å². The first-order valence-corrected chi connectivity index (χ1v) is 18.9. The summed E-state index contributed by atoms with van der Waals surface area (Å²) in [6.45, 7) is 4.67. The maximum Gasteiger partial charge on any atom is 0.0629 e. The van der Waals surface area contributed by atoms with E-state index in [0.717, 1.165) is 27.8 Å². The molecular formula is C52H38S. The Morgan fingerprint density at radius 1 is 0.453 bits per heavy atom. The molecule has 1 aliphatic rings. The highest BCUT2D eigenvalue weighted by molar-refractivity contribution is 7.26. The van der Waals surface area contributed by atoms with Crippen molar-refractivity contribution < 1.29 is 6.85 Å². The summed E-state index contributed by atoms with van der Waals surface area (Å²) in [6.07, 6.45) is 0. The van der Waals surface area contributed by atoms with Gasteiger partial charge in [0.15, 0.2) is 0 Å². The molecular weight excluding hydrogens is 657 g/mol. The van der Waals surface area contributed by atoms with Crippen molar-refractivity contribution in [2.24, 2.45) is 0 Å². The van der Waals surface area contributed by atoms with E-state index in [2.05, 4.69) is 141 Å². The van der Waals surface area contributed by atoms with Gasteiger partial charge in [-0.3, -0.25) is 0 Å². The molecule has 0 fully saturated rings. The van der Waals surface area contributed by atoms with Gasteiger partial charge in [0.05, 0.1) is 6.85 Å². The molecule has 0 N–H and O–H groups in total. The molecule has 1 aromatic heterocycles. The predicted molar refractivity (Wildman–Crippen MR) is 227 cm³/mol. The zero-order valence-electron chi connectivity index (χ0n) is 34.5. The Kier molecular flexibility index (Phi) is 6.34. The Morgan fingerprint density at radius 2 is 1.02 bits per heavy atom. The van der Waals surface area contributed by atoms with Crippen LogP contribution in [0.5, 0.6) is 0 Å². The van der Waals surface area contributed by atoms with Gasteiger partial charge in [0.25, 0.3) is 0 Å². The molecule has 1 aliphatic carbocycles. The summed E-state index contributed by atoms with van der Waals surface area (Å²) < 4.78 is 44.3. The number of rotatable bonds is 6. The molecule has 1 heteroatoms. The molecule has 1 unspecified atom stereocenters. The van der Waals surface area contributed by atoms with E-state index in [0.29, 0.717) is 5.56 Å². The third-order valence-corrected chi connectivity index (χ3v) is 12.4. The van der Waals surface area contributed by atoms with E-state index < -0.39 is 0 Å². The van der Waals surface area contributed by atoms with Gasteiger partial charge in [0.2, 0.25) is 0 Å². The highest BCUT2D eigenvalue weighted by atomic mass is 32.1. The lowest BCUT2D eigenvalue weighted by Crippen LogP contribution is -2.16. The van der Waals surface area contributed by atoms with Crippen LogP contribution in [0.2, 0.25) is 0 Å². The normalized spacial score (nSPS) is 14.9. The van der Waals surface area contributed by atoms with Crippen LogP contribution in [0.15, 0.2) is 188 Å². The SMILES string of the molecule is [2H]c1c([2H])c([2H])c(-c2ccc(C(c3ccc(-c4ccccc4)cc3)c3ccc4c(c3)C(C)(C)c3cc(-c5cccc6c5sc5ccccc56)ccc3-4)cc2)c([2H])c1[2H]. The molecule has 9 aromatic rings. The molecule has 0 amide bonds. The Morgan fingerprint density at radius 3 is 1.75 bits per heavy atom. The Hall–Kier alpha value is -6.02. The molecule has 0 radical (unpaired) electrons. The molecule has 0 bridgehead atoms. The van der Waals surface area contributed by atoms with Crippen molar-refractivity contribution >= 4 is 31.5 Å². The van der Waals surface area contributed by atoms with Gasteiger partial charge >= 0.3 is 0 Å². The maximum absolute atomic E-state index is 8.58. The predicted octanol–water partition coefficient (Wildman–Crippen LogP) is 14.5. The van der Waals surface area contributed by atoms with E-state index in [1.165, 1.54) is 53.6 Å². The highest BCUT2D eigenvalue weighted by Gasteiger charge is 2.36. The quantitative estimate of drug-likeness (QED) is 0.152. The molecule has 53 heavy (non-hydrogen) atoms. The van der Waals surface area contributed by atoms with Crippen molar-refractivity contribution in [3.63, 3.8) is 0 Å². The van der Waals surface area contributed by atoms with Crippen LogP contribution in [0.4, 0.5) is 0 Å². The molecule has 8 aromatic carbocycles. The Labute approximate surface area is 322 Å². The Bertz CT molecular complexity index is 3040. The standard InChI is InChI=1S/C52H38S/c1-52(2)47-32-40(42-17-11-18-46-45-16-9-10-19-49(45)53-51(42)46)28-30-43(47)44-31-29-41(33-48(44)52)50(38-24-20-36(21-25-38)34-12-5-3-6-13-34)39-26-22-37(23-27-39)35-14-7-4-8-15-35/h3-33,50H,1-2H3/i3D,5D,6D,12D,13D. The summed E-state index contributed by atoms with van der Waals surface area (Å²) in [5.41, 5.74) is 13.8. The van der Waals surface area contributed by atoms with Crippen molar-refractivity contribution in [1.82, 2.24) is 0 Å². The van der Waals surface area contributed by atoms with Crippen molar-refractivity contribution in [2.75, 3.05) is 0 Å². The first-order valence-electron chi connectivity index (χ1n) is 20.6. The molecule has 252 valence electrons. The fourth-order valence-electron chi connectivity index (χ4n) is 8.39. The monoisotopic (exact) mass is 699 g/mol. The number of thiophene rings is 1. The number of fused-ring (bicyclic) bond motifs is 6. The second-order valence-electron chi connectivity index (χ2n) is 14.5. The van der Waals surface area contributed by atoms with Gasteiger partial charge in [-0.25, -0.2) is 0 Å². The lowest BCUT2D eigenvalue weighted by molar-refractivity contribution is 0.659. The number of hydrogen-bond donors (Lipinski definition) is 0. The van der Waals surface area contributed by atoms with Gasteiger partial charge in [0, 0.05) is 31.5 Å². The van der Waals surface area contributed by atoms with Gasteiger partial charge in [-0.15, -0.1) is 11.3 Å². The highest BCUT2D eigenvalue weighted by Crippen LogP contribution is 2.52. The van der Waals surface area contributed by atoms with Gasteiger partial charge in [-0.2, -0.15) is 0 Å². The van der Waals surface area contributed by atoms with E-state index in [1.54, 1.807) is 0 Å². The zero-order valence-corrected chi connectivity index (χ0v) is 30.3.